The van der Waals surface area contributed by atoms with E-state index in [0.717, 1.165) is 11.3 Å². The summed E-state index contributed by atoms with van der Waals surface area (Å²) in [5, 5.41) is 2.91. The second-order valence-corrected chi connectivity index (χ2v) is 7.37. The number of anilines is 2. The number of amides is 2. The first-order valence-electron chi connectivity index (χ1n) is 8.50. The average molecular weight is 348 g/mol. The Kier molecular flexibility index (Phi) is 5.89. The van der Waals surface area contributed by atoms with Gasteiger partial charge in [0.2, 0.25) is 5.91 Å². The first-order chi connectivity index (χ1) is 11.6. The van der Waals surface area contributed by atoms with Gasteiger partial charge in [-0.15, -0.1) is 0 Å². The summed E-state index contributed by atoms with van der Waals surface area (Å²) in [6.07, 6.45) is -0.297. The number of nitrogens with two attached hydrogens (primary N) is 1. The van der Waals surface area contributed by atoms with E-state index in [2.05, 4.69) is 5.32 Å². The smallest absolute Gasteiger partial charge is 0.410 e. The number of rotatable bonds is 3. The normalized spacial score (nSPS) is 15.8. The molecule has 0 radical (unpaired) electrons. The Labute approximate surface area is 149 Å². The standard InChI is InChI=1S/C18H28N4O3/c1-13-11-14(19)5-6-15(13)20-16(23)12-21-7-9-22(10-8-21)17(24)25-18(2,3)4/h5-6,11H,7-10,12,19H2,1-4H3,(H,20,23). The minimum Gasteiger partial charge on any atom is -0.444 e. The van der Waals surface area contributed by atoms with Crippen LogP contribution in [0.3, 0.4) is 0 Å². The molecule has 25 heavy (non-hydrogen) atoms. The number of nitrogens with one attached hydrogen (secondary N) is 1. The van der Waals surface area contributed by atoms with Crippen LogP contribution in [0.5, 0.6) is 0 Å². The van der Waals surface area contributed by atoms with Gasteiger partial charge in [-0.1, -0.05) is 0 Å². The van der Waals surface area contributed by atoms with Crippen molar-refractivity contribution in [3.63, 3.8) is 0 Å². The van der Waals surface area contributed by atoms with Gasteiger partial charge in [-0.25, -0.2) is 4.79 Å². The molecule has 1 heterocycles. The van der Waals surface area contributed by atoms with Crippen molar-refractivity contribution in [2.24, 2.45) is 0 Å². The van der Waals surface area contributed by atoms with Gasteiger partial charge in [-0.3, -0.25) is 9.69 Å². The zero-order valence-corrected chi connectivity index (χ0v) is 15.5. The quantitative estimate of drug-likeness (QED) is 0.817. The molecule has 1 saturated heterocycles. The van der Waals surface area contributed by atoms with Crippen LogP contribution in [0.25, 0.3) is 0 Å². The maximum absolute atomic E-state index is 12.2. The van der Waals surface area contributed by atoms with Gasteiger partial charge in [-0.05, 0) is 51.5 Å². The molecule has 0 aliphatic carbocycles. The number of nitrogen functional groups attached to an aromatic ring is 1. The molecule has 1 aliphatic heterocycles. The van der Waals surface area contributed by atoms with Crippen LogP contribution in [0.4, 0.5) is 16.2 Å². The number of hydrogen-bond donors (Lipinski definition) is 2. The fraction of sp³-hybridized carbons (Fsp3) is 0.556. The number of hydrogen-bond acceptors (Lipinski definition) is 5. The Bertz CT molecular complexity index is 632. The minimum absolute atomic E-state index is 0.0708. The lowest BCUT2D eigenvalue weighted by Gasteiger charge is -2.35. The largest absolute Gasteiger partial charge is 0.444 e. The monoisotopic (exact) mass is 348 g/mol. The van der Waals surface area contributed by atoms with Crippen molar-refractivity contribution in [1.29, 1.82) is 0 Å². The molecule has 1 fully saturated rings. The summed E-state index contributed by atoms with van der Waals surface area (Å²) in [6, 6.07) is 5.40. The van der Waals surface area contributed by atoms with Crippen LogP contribution in [0.1, 0.15) is 26.3 Å². The average Bonchev–Trinajstić information content (AvgIpc) is 2.49. The Morgan fingerprint density at radius 1 is 1.20 bits per heavy atom. The van der Waals surface area contributed by atoms with E-state index in [0.29, 0.717) is 38.4 Å². The highest BCUT2D eigenvalue weighted by atomic mass is 16.6. The highest BCUT2D eigenvalue weighted by Gasteiger charge is 2.26. The molecule has 2 amide bonds. The van der Waals surface area contributed by atoms with Gasteiger partial charge >= 0.3 is 6.09 Å². The maximum atomic E-state index is 12.2. The van der Waals surface area contributed by atoms with Crippen LogP contribution in [-0.4, -0.2) is 60.1 Å². The van der Waals surface area contributed by atoms with Crippen molar-refractivity contribution < 1.29 is 14.3 Å². The van der Waals surface area contributed by atoms with Crippen molar-refractivity contribution in [2.45, 2.75) is 33.3 Å². The number of carbonyl (C=O) groups is 2. The minimum atomic E-state index is -0.495. The van der Waals surface area contributed by atoms with E-state index in [1.54, 1.807) is 11.0 Å². The van der Waals surface area contributed by atoms with Crippen molar-refractivity contribution in [3.8, 4) is 0 Å². The third-order valence-corrected chi connectivity index (χ3v) is 3.92. The number of carbonyl (C=O) groups excluding carboxylic acids is 2. The van der Waals surface area contributed by atoms with Gasteiger partial charge in [0.1, 0.15) is 5.60 Å². The molecule has 3 N–H and O–H groups in total. The lowest BCUT2D eigenvalue weighted by atomic mass is 10.2. The zero-order valence-electron chi connectivity index (χ0n) is 15.5. The molecule has 2 rings (SSSR count). The van der Waals surface area contributed by atoms with Gasteiger partial charge in [0.05, 0.1) is 6.54 Å². The van der Waals surface area contributed by atoms with Crippen molar-refractivity contribution in [2.75, 3.05) is 43.8 Å². The lowest BCUT2D eigenvalue weighted by Crippen LogP contribution is -2.51. The molecule has 1 aliphatic rings. The fourth-order valence-corrected chi connectivity index (χ4v) is 2.63. The molecule has 0 spiro atoms. The Morgan fingerprint density at radius 2 is 1.84 bits per heavy atom. The first-order valence-corrected chi connectivity index (χ1v) is 8.50. The molecule has 138 valence electrons. The first kappa shape index (κ1) is 19.1. The maximum Gasteiger partial charge on any atom is 0.410 e. The van der Waals surface area contributed by atoms with Gasteiger partial charge in [0, 0.05) is 37.6 Å². The Hall–Kier alpha value is -2.28. The topological polar surface area (TPSA) is 87.9 Å². The SMILES string of the molecule is Cc1cc(N)ccc1NC(=O)CN1CCN(C(=O)OC(C)(C)C)CC1. The van der Waals surface area contributed by atoms with Crippen LogP contribution in [0.2, 0.25) is 0 Å². The number of benzene rings is 1. The Balaban J connectivity index is 1.79. The van der Waals surface area contributed by atoms with Gasteiger partial charge in [0.25, 0.3) is 0 Å². The van der Waals surface area contributed by atoms with Gasteiger partial charge in [0.15, 0.2) is 0 Å². The molecule has 0 atom stereocenters. The molecular weight excluding hydrogens is 320 g/mol. The summed E-state index contributed by atoms with van der Waals surface area (Å²) < 4.78 is 5.37. The molecule has 7 nitrogen and oxygen atoms in total. The molecular formula is C18H28N4O3. The highest BCUT2D eigenvalue weighted by molar-refractivity contribution is 5.93. The van der Waals surface area contributed by atoms with E-state index in [4.69, 9.17) is 10.5 Å². The number of piperazine rings is 1. The van der Waals surface area contributed by atoms with Crippen molar-refractivity contribution >= 4 is 23.4 Å². The van der Waals surface area contributed by atoms with E-state index in [1.165, 1.54) is 0 Å². The predicted octanol–water partition coefficient (Wildman–Crippen LogP) is 2.07. The van der Waals surface area contributed by atoms with E-state index < -0.39 is 5.60 Å². The number of ether oxygens (including phenoxy) is 1. The van der Waals surface area contributed by atoms with Crippen LogP contribution in [0.15, 0.2) is 18.2 Å². The van der Waals surface area contributed by atoms with E-state index in [-0.39, 0.29) is 12.0 Å². The van der Waals surface area contributed by atoms with Crippen LogP contribution >= 0.6 is 0 Å². The molecule has 0 unspecified atom stereocenters. The lowest BCUT2D eigenvalue weighted by molar-refractivity contribution is -0.117. The molecule has 1 aromatic rings. The van der Waals surface area contributed by atoms with Crippen molar-refractivity contribution in [3.05, 3.63) is 23.8 Å². The summed E-state index contributed by atoms with van der Waals surface area (Å²) in [7, 11) is 0. The summed E-state index contributed by atoms with van der Waals surface area (Å²) >= 11 is 0. The zero-order chi connectivity index (χ0) is 18.6. The Morgan fingerprint density at radius 3 is 2.40 bits per heavy atom. The summed E-state index contributed by atoms with van der Waals surface area (Å²) in [6.45, 7) is 10.2. The van der Waals surface area contributed by atoms with Gasteiger partial charge in [-0.2, -0.15) is 0 Å². The number of nitrogens with zero attached hydrogens (tertiary/aromatic N) is 2. The van der Waals surface area contributed by atoms with Gasteiger partial charge < -0.3 is 20.7 Å². The summed E-state index contributed by atoms with van der Waals surface area (Å²) in [5.41, 5.74) is 7.60. The second-order valence-electron chi connectivity index (χ2n) is 7.37. The van der Waals surface area contributed by atoms with Crippen LogP contribution in [0, 0.1) is 6.92 Å². The molecule has 0 aromatic heterocycles. The number of aryl methyl sites for hydroxylation is 1. The van der Waals surface area contributed by atoms with Crippen LogP contribution < -0.4 is 11.1 Å². The highest BCUT2D eigenvalue weighted by Crippen LogP contribution is 2.17. The van der Waals surface area contributed by atoms with E-state index in [1.807, 2.05) is 44.7 Å². The third-order valence-electron chi connectivity index (χ3n) is 3.92. The van der Waals surface area contributed by atoms with E-state index >= 15 is 0 Å². The fourth-order valence-electron chi connectivity index (χ4n) is 2.63. The molecule has 0 bridgehead atoms. The second kappa shape index (κ2) is 7.74. The molecule has 7 heteroatoms. The third kappa shape index (κ3) is 5.94. The summed E-state index contributed by atoms with van der Waals surface area (Å²) in [4.78, 5) is 28.0. The van der Waals surface area contributed by atoms with Crippen molar-refractivity contribution in [1.82, 2.24) is 9.80 Å². The predicted molar refractivity (Wildman–Crippen MR) is 98.5 cm³/mol. The molecule has 1 aromatic carbocycles. The van der Waals surface area contributed by atoms with Crippen LogP contribution in [-0.2, 0) is 9.53 Å². The van der Waals surface area contributed by atoms with E-state index in [9.17, 15) is 9.59 Å². The summed E-state index contributed by atoms with van der Waals surface area (Å²) in [5.74, 6) is -0.0708. The molecule has 0 saturated carbocycles.